The average molecular weight is 376 g/mol. The highest BCUT2D eigenvalue weighted by atomic mass is 79.9. The number of rotatable bonds is 6. The Hall–Kier alpha value is -0.920. The van der Waals surface area contributed by atoms with Crippen molar-refractivity contribution in [2.75, 3.05) is 6.54 Å². The maximum absolute atomic E-state index is 12.9. The number of aromatic carboxylic acids is 1. The zero-order valence-electron chi connectivity index (χ0n) is 12.0. The standard InChI is InChI=1S/C14H18BrNO4S/c1-3-6-16(11-4-5-11)21(19,20)12-8-10(14(17)18)7-9(2)13(12)15/h7-8,11H,3-6H2,1-2H3,(H,17,18). The van der Waals surface area contributed by atoms with Gasteiger partial charge in [-0.1, -0.05) is 6.92 Å². The first-order valence-electron chi connectivity index (χ1n) is 6.84. The monoisotopic (exact) mass is 375 g/mol. The number of carbonyl (C=O) groups is 1. The van der Waals surface area contributed by atoms with Crippen LogP contribution in [0.3, 0.4) is 0 Å². The van der Waals surface area contributed by atoms with Gasteiger partial charge in [-0.3, -0.25) is 0 Å². The summed E-state index contributed by atoms with van der Waals surface area (Å²) in [6.45, 7) is 4.07. The predicted octanol–water partition coefficient (Wildman–Crippen LogP) is 3.02. The Balaban J connectivity index is 2.55. The number of halogens is 1. The fourth-order valence-electron chi connectivity index (χ4n) is 2.26. The van der Waals surface area contributed by atoms with Gasteiger partial charge >= 0.3 is 5.97 Å². The second-order valence-corrected chi connectivity index (χ2v) is 7.91. The highest BCUT2D eigenvalue weighted by Gasteiger charge is 2.38. The van der Waals surface area contributed by atoms with Gasteiger partial charge in [-0.2, -0.15) is 4.31 Å². The fraction of sp³-hybridized carbons (Fsp3) is 0.500. The maximum Gasteiger partial charge on any atom is 0.335 e. The summed E-state index contributed by atoms with van der Waals surface area (Å²) in [5, 5.41) is 9.13. The van der Waals surface area contributed by atoms with Gasteiger partial charge in [0.2, 0.25) is 10.0 Å². The zero-order valence-corrected chi connectivity index (χ0v) is 14.4. The minimum absolute atomic E-state index is 0.0125. The van der Waals surface area contributed by atoms with Crippen LogP contribution in [-0.4, -0.2) is 36.4 Å². The van der Waals surface area contributed by atoms with Crippen molar-refractivity contribution in [1.82, 2.24) is 4.31 Å². The molecule has 0 unspecified atom stereocenters. The van der Waals surface area contributed by atoms with Crippen molar-refractivity contribution in [1.29, 1.82) is 0 Å². The third-order valence-electron chi connectivity index (χ3n) is 3.45. The van der Waals surface area contributed by atoms with Crippen molar-refractivity contribution in [3.05, 3.63) is 27.7 Å². The van der Waals surface area contributed by atoms with Gasteiger partial charge in [-0.15, -0.1) is 0 Å². The van der Waals surface area contributed by atoms with E-state index in [1.165, 1.54) is 16.4 Å². The van der Waals surface area contributed by atoms with Gasteiger partial charge < -0.3 is 5.11 Å². The first-order valence-corrected chi connectivity index (χ1v) is 9.07. The molecule has 21 heavy (non-hydrogen) atoms. The van der Waals surface area contributed by atoms with Crippen LogP contribution in [0.5, 0.6) is 0 Å². The van der Waals surface area contributed by atoms with E-state index in [9.17, 15) is 13.2 Å². The maximum atomic E-state index is 12.9. The Bertz CT molecular complexity index is 668. The van der Waals surface area contributed by atoms with E-state index in [4.69, 9.17) is 5.11 Å². The lowest BCUT2D eigenvalue weighted by molar-refractivity contribution is 0.0696. The normalized spacial score (nSPS) is 15.4. The second-order valence-electron chi connectivity index (χ2n) is 5.26. The quantitative estimate of drug-likeness (QED) is 0.828. The summed E-state index contributed by atoms with van der Waals surface area (Å²) in [4.78, 5) is 11.2. The highest BCUT2D eigenvalue weighted by Crippen LogP contribution is 2.36. The van der Waals surface area contributed by atoms with Crippen LogP contribution < -0.4 is 0 Å². The minimum Gasteiger partial charge on any atom is -0.478 e. The summed E-state index contributed by atoms with van der Waals surface area (Å²) in [7, 11) is -3.69. The molecule has 1 aliphatic rings. The molecule has 0 aliphatic heterocycles. The van der Waals surface area contributed by atoms with Crippen molar-refractivity contribution in [2.24, 2.45) is 0 Å². The number of carboxylic acids is 1. The Kier molecular flexibility index (Phi) is 4.75. The molecule has 1 aromatic rings. The summed E-state index contributed by atoms with van der Waals surface area (Å²) in [6, 6.07) is 2.75. The first kappa shape index (κ1) is 16.5. The molecule has 0 atom stereocenters. The average Bonchev–Trinajstić information content (AvgIpc) is 3.22. The van der Waals surface area contributed by atoms with E-state index in [0.717, 1.165) is 19.3 Å². The van der Waals surface area contributed by atoms with Gasteiger partial charge in [0.25, 0.3) is 0 Å². The molecule has 0 amide bonds. The van der Waals surface area contributed by atoms with Crippen molar-refractivity contribution in [2.45, 2.75) is 44.0 Å². The molecule has 116 valence electrons. The summed E-state index contributed by atoms with van der Waals surface area (Å²) in [5.74, 6) is -1.13. The van der Waals surface area contributed by atoms with E-state index in [1.54, 1.807) is 6.92 Å². The summed E-state index contributed by atoms with van der Waals surface area (Å²) in [6.07, 6.45) is 2.47. The van der Waals surface area contributed by atoms with Gasteiger partial charge in [0.1, 0.15) is 0 Å². The number of hydrogen-bond donors (Lipinski definition) is 1. The van der Waals surface area contributed by atoms with Crippen LogP contribution in [-0.2, 0) is 10.0 Å². The Labute approximate surface area is 133 Å². The van der Waals surface area contributed by atoms with E-state index in [1.807, 2.05) is 6.92 Å². The third kappa shape index (κ3) is 3.30. The molecule has 7 heteroatoms. The largest absolute Gasteiger partial charge is 0.478 e. The van der Waals surface area contributed by atoms with Crippen LogP contribution in [0, 0.1) is 6.92 Å². The number of hydrogen-bond acceptors (Lipinski definition) is 3. The molecule has 2 rings (SSSR count). The van der Waals surface area contributed by atoms with Crippen molar-refractivity contribution >= 4 is 31.9 Å². The molecule has 5 nitrogen and oxygen atoms in total. The van der Waals surface area contributed by atoms with Crippen LogP contribution in [0.1, 0.15) is 42.1 Å². The number of benzene rings is 1. The van der Waals surface area contributed by atoms with E-state index >= 15 is 0 Å². The molecule has 1 saturated carbocycles. The topological polar surface area (TPSA) is 74.7 Å². The molecule has 0 aromatic heterocycles. The van der Waals surface area contributed by atoms with Crippen LogP contribution in [0.25, 0.3) is 0 Å². The molecule has 1 aromatic carbocycles. The third-order valence-corrected chi connectivity index (χ3v) is 6.74. The molecule has 0 radical (unpaired) electrons. The molecule has 1 fully saturated rings. The highest BCUT2D eigenvalue weighted by molar-refractivity contribution is 9.10. The molecule has 0 bridgehead atoms. The molecule has 0 saturated heterocycles. The van der Waals surface area contributed by atoms with E-state index in [0.29, 0.717) is 16.6 Å². The summed E-state index contributed by atoms with van der Waals surface area (Å²) >= 11 is 3.29. The Morgan fingerprint density at radius 1 is 1.43 bits per heavy atom. The Morgan fingerprint density at radius 3 is 2.52 bits per heavy atom. The molecule has 1 N–H and O–H groups in total. The molecular formula is C14H18BrNO4S. The van der Waals surface area contributed by atoms with Crippen LogP contribution in [0.4, 0.5) is 0 Å². The zero-order chi connectivity index (χ0) is 15.8. The molecule has 0 spiro atoms. The van der Waals surface area contributed by atoms with Gasteiger partial charge in [0.15, 0.2) is 0 Å². The van der Waals surface area contributed by atoms with Crippen molar-refractivity contribution in [3.63, 3.8) is 0 Å². The lowest BCUT2D eigenvalue weighted by atomic mass is 10.1. The van der Waals surface area contributed by atoms with Crippen LogP contribution >= 0.6 is 15.9 Å². The minimum atomic E-state index is -3.69. The lowest BCUT2D eigenvalue weighted by Gasteiger charge is -2.22. The van der Waals surface area contributed by atoms with Gasteiger partial charge in [-0.25, -0.2) is 13.2 Å². The van der Waals surface area contributed by atoms with Crippen molar-refractivity contribution < 1.29 is 18.3 Å². The lowest BCUT2D eigenvalue weighted by Crippen LogP contribution is -2.34. The van der Waals surface area contributed by atoms with Gasteiger partial charge in [0.05, 0.1) is 10.5 Å². The molecular weight excluding hydrogens is 358 g/mol. The van der Waals surface area contributed by atoms with E-state index in [2.05, 4.69) is 15.9 Å². The number of carboxylic acid groups (broad SMARTS) is 1. The van der Waals surface area contributed by atoms with Crippen LogP contribution in [0.15, 0.2) is 21.5 Å². The Morgan fingerprint density at radius 2 is 2.05 bits per heavy atom. The first-order chi connectivity index (χ1) is 9.78. The molecule has 0 heterocycles. The SMILES string of the molecule is CCCN(C1CC1)S(=O)(=O)c1cc(C(=O)O)cc(C)c1Br. The van der Waals surface area contributed by atoms with E-state index < -0.39 is 16.0 Å². The second kappa shape index (κ2) is 6.06. The number of sulfonamides is 1. The van der Waals surface area contributed by atoms with Crippen LogP contribution in [0.2, 0.25) is 0 Å². The van der Waals surface area contributed by atoms with Gasteiger partial charge in [0, 0.05) is 17.1 Å². The smallest absolute Gasteiger partial charge is 0.335 e. The number of nitrogens with zero attached hydrogens (tertiary/aromatic N) is 1. The number of aryl methyl sites for hydroxylation is 1. The predicted molar refractivity (Wildman–Crippen MR) is 83.0 cm³/mol. The fourth-order valence-corrected chi connectivity index (χ4v) is 5.04. The van der Waals surface area contributed by atoms with Gasteiger partial charge in [-0.05, 0) is 59.8 Å². The summed E-state index contributed by atoms with van der Waals surface area (Å²) < 4.78 is 27.6. The summed E-state index contributed by atoms with van der Waals surface area (Å²) in [5.41, 5.74) is 0.585. The van der Waals surface area contributed by atoms with E-state index in [-0.39, 0.29) is 16.5 Å². The molecule has 1 aliphatic carbocycles. The van der Waals surface area contributed by atoms with Crippen molar-refractivity contribution in [3.8, 4) is 0 Å².